The summed E-state index contributed by atoms with van der Waals surface area (Å²) in [5.41, 5.74) is 2.22. The van der Waals surface area contributed by atoms with Crippen LogP contribution in [0.2, 0.25) is 0 Å². The monoisotopic (exact) mass is 625 g/mol. The summed E-state index contributed by atoms with van der Waals surface area (Å²) in [5, 5.41) is 15.9. The van der Waals surface area contributed by atoms with E-state index < -0.39 is 24.0 Å². The number of alkyl halides is 4. The first-order chi connectivity index (χ1) is 20.6. The molecule has 0 radical (unpaired) electrons. The molecule has 2 saturated heterocycles. The topological polar surface area (TPSA) is 64.8 Å². The lowest BCUT2D eigenvalue weighted by Crippen LogP contribution is -2.39. The van der Waals surface area contributed by atoms with Crippen molar-refractivity contribution in [1.82, 2.24) is 24.5 Å². The second-order valence-electron chi connectivity index (χ2n) is 12.0. The van der Waals surface area contributed by atoms with E-state index in [1.165, 1.54) is 12.5 Å². The SMILES string of the molecule is CCC(=O)N1CCc2c(c(-c3ccc(C(F)(F)F)c(SCCN4CCC(F)CC4)c3)nn2C[C@@H](O)CN2CCCCC2)C1. The Morgan fingerprint density at radius 2 is 1.81 bits per heavy atom. The third kappa shape index (κ3) is 8.12. The Kier molecular flexibility index (Phi) is 10.7. The molecule has 0 saturated carbocycles. The molecule has 0 unspecified atom stereocenters. The summed E-state index contributed by atoms with van der Waals surface area (Å²) in [6.07, 6.45) is -0.600. The van der Waals surface area contributed by atoms with Gasteiger partial charge in [0.1, 0.15) is 6.17 Å². The molecule has 43 heavy (non-hydrogen) atoms. The van der Waals surface area contributed by atoms with Crippen LogP contribution in [0.15, 0.2) is 23.1 Å². The molecule has 3 aliphatic rings. The Balaban J connectivity index is 1.41. The summed E-state index contributed by atoms with van der Waals surface area (Å²) in [4.78, 5) is 18.9. The van der Waals surface area contributed by atoms with Crippen molar-refractivity contribution in [3.05, 3.63) is 35.0 Å². The third-order valence-electron chi connectivity index (χ3n) is 8.83. The van der Waals surface area contributed by atoms with E-state index in [9.17, 15) is 27.5 Å². The van der Waals surface area contributed by atoms with Crippen LogP contribution < -0.4 is 0 Å². The zero-order valence-corrected chi connectivity index (χ0v) is 25.7. The Morgan fingerprint density at radius 1 is 1.07 bits per heavy atom. The van der Waals surface area contributed by atoms with E-state index in [-0.39, 0.29) is 10.8 Å². The molecule has 3 aliphatic heterocycles. The van der Waals surface area contributed by atoms with Crippen molar-refractivity contribution in [3.8, 4) is 11.3 Å². The predicted molar refractivity (Wildman–Crippen MR) is 160 cm³/mol. The van der Waals surface area contributed by atoms with Crippen LogP contribution in [-0.4, -0.2) is 99.3 Å². The van der Waals surface area contributed by atoms with E-state index in [2.05, 4.69) is 9.80 Å². The van der Waals surface area contributed by atoms with Crippen molar-refractivity contribution in [2.75, 3.05) is 51.6 Å². The molecule has 1 aromatic heterocycles. The normalized spacial score (nSPS) is 19.9. The average molecular weight is 626 g/mol. The maximum Gasteiger partial charge on any atom is 0.417 e. The van der Waals surface area contributed by atoms with Gasteiger partial charge in [0, 0.05) is 79.6 Å². The Hall–Kier alpha value is -2.15. The van der Waals surface area contributed by atoms with Gasteiger partial charge in [0.15, 0.2) is 0 Å². The number of halogens is 4. The van der Waals surface area contributed by atoms with Gasteiger partial charge in [0.2, 0.25) is 5.91 Å². The maximum atomic E-state index is 14.0. The number of aromatic nitrogens is 2. The quantitative estimate of drug-likeness (QED) is 0.288. The maximum absolute atomic E-state index is 14.0. The number of benzene rings is 1. The Morgan fingerprint density at radius 3 is 2.51 bits per heavy atom. The number of nitrogens with zero attached hydrogens (tertiary/aromatic N) is 5. The number of hydrogen-bond donors (Lipinski definition) is 1. The van der Waals surface area contributed by atoms with Gasteiger partial charge in [0.05, 0.1) is 23.9 Å². The molecule has 0 spiro atoms. The molecule has 1 N–H and O–H groups in total. The minimum absolute atomic E-state index is 0.0231. The van der Waals surface area contributed by atoms with Gasteiger partial charge in [-0.15, -0.1) is 11.8 Å². The van der Waals surface area contributed by atoms with Crippen LogP contribution in [0, 0.1) is 0 Å². The highest BCUT2D eigenvalue weighted by molar-refractivity contribution is 7.99. The van der Waals surface area contributed by atoms with E-state index in [1.54, 1.807) is 11.0 Å². The number of carbonyl (C=O) groups is 1. The van der Waals surface area contributed by atoms with Crippen LogP contribution in [0.25, 0.3) is 11.3 Å². The van der Waals surface area contributed by atoms with E-state index in [4.69, 9.17) is 5.10 Å². The van der Waals surface area contributed by atoms with Gasteiger partial charge in [-0.3, -0.25) is 9.48 Å². The standard InChI is InChI=1S/C31H43F4N5O2S/c1-2-29(42)39-15-10-27-25(21-39)30(36-40(27)20-24(41)19-38-11-4-3-5-12-38)22-6-7-26(31(33,34)35)28(18-22)43-17-16-37-13-8-23(32)9-14-37/h6-7,18,23-24,41H,2-5,8-17,19-21H2,1H3/t24-/m0/s1. The van der Waals surface area contributed by atoms with E-state index in [1.807, 2.05) is 11.6 Å². The minimum Gasteiger partial charge on any atom is -0.390 e. The zero-order chi connectivity index (χ0) is 30.6. The van der Waals surface area contributed by atoms with Crippen LogP contribution in [0.4, 0.5) is 17.6 Å². The lowest BCUT2D eigenvalue weighted by molar-refractivity contribution is -0.139. The van der Waals surface area contributed by atoms with Gasteiger partial charge in [-0.05, 0) is 50.9 Å². The van der Waals surface area contributed by atoms with Crippen molar-refractivity contribution < 1.29 is 27.5 Å². The number of fused-ring (bicyclic) bond motifs is 1. The fourth-order valence-electron chi connectivity index (χ4n) is 6.44. The van der Waals surface area contributed by atoms with Crippen LogP contribution >= 0.6 is 11.8 Å². The molecule has 0 aliphatic carbocycles. The number of aliphatic hydroxyl groups is 1. The summed E-state index contributed by atoms with van der Waals surface area (Å²) in [5.74, 6) is 0.479. The summed E-state index contributed by atoms with van der Waals surface area (Å²) >= 11 is 1.16. The van der Waals surface area contributed by atoms with Crippen molar-refractivity contribution in [3.63, 3.8) is 0 Å². The van der Waals surface area contributed by atoms with Crippen LogP contribution in [-0.2, 0) is 30.5 Å². The molecule has 1 amide bonds. The van der Waals surface area contributed by atoms with Crippen molar-refractivity contribution >= 4 is 17.7 Å². The number of amides is 1. The van der Waals surface area contributed by atoms with Gasteiger partial charge in [-0.2, -0.15) is 18.3 Å². The van der Waals surface area contributed by atoms with E-state index in [0.29, 0.717) is 88.5 Å². The van der Waals surface area contributed by atoms with Crippen molar-refractivity contribution in [2.45, 2.75) is 88.3 Å². The smallest absolute Gasteiger partial charge is 0.390 e. The number of likely N-dealkylation sites (tertiary alicyclic amines) is 2. The molecular weight excluding hydrogens is 582 g/mol. The van der Waals surface area contributed by atoms with Gasteiger partial charge in [0.25, 0.3) is 0 Å². The Bertz CT molecular complexity index is 1240. The molecule has 12 heteroatoms. The first-order valence-electron chi connectivity index (χ1n) is 15.6. The molecule has 7 nitrogen and oxygen atoms in total. The van der Waals surface area contributed by atoms with Gasteiger partial charge in [-0.25, -0.2) is 4.39 Å². The van der Waals surface area contributed by atoms with Crippen molar-refractivity contribution in [1.29, 1.82) is 0 Å². The Labute approximate surface area is 255 Å². The molecule has 2 aromatic rings. The number of β-amino-alcohol motifs (C(OH)–C–C–N with tert-alkyl or cyclic N) is 1. The molecule has 1 aromatic carbocycles. The summed E-state index contributed by atoms with van der Waals surface area (Å²) in [6.45, 7) is 7.30. The fourth-order valence-corrected chi connectivity index (χ4v) is 7.56. The highest BCUT2D eigenvalue weighted by Crippen LogP contribution is 2.40. The van der Waals surface area contributed by atoms with Crippen molar-refractivity contribution in [2.24, 2.45) is 0 Å². The predicted octanol–water partition coefficient (Wildman–Crippen LogP) is 5.24. The number of aliphatic hydroxyl groups excluding tert-OH is 1. The van der Waals surface area contributed by atoms with Crippen LogP contribution in [0.3, 0.4) is 0 Å². The minimum atomic E-state index is -4.50. The second kappa shape index (κ2) is 14.3. The summed E-state index contributed by atoms with van der Waals surface area (Å²) in [6, 6.07) is 4.16. The zero-order valence-electron chi connectivity index (χ0n) is 24.9. The number of rotatable bonds is 10. The molecule has 2 fully saturated rings. The summed E-state index contributed by atoms with van der Waals surface area (Å²) < 4.78 is 57.4. The van der Waals surface area contributed by atoms with E-state index >= 15 is 0 Å². The lowest BCUT2D eigenvalue weighted by atomic mass is 9.99. The molecule has 0 bridgehead atoms. The first-order valence-corrected chi connectivity index (χ1v) is 16.6. The molecule has 4 heterocycles. The number of carbonyl (C=O) groups excluding carboxylic acids is 1. The first kappa shape index (κ1) is 32.2. The summed E-state index contributed by atoms with van der Waals surface area (Å²) in [7, 11) is 0. The van der Waals surface area contributed by atoms with Gasteiger partial charge in [-0.1, -0.05) is 19.4 Å². The highest BCUT2D eigenvalue weighted by atomic mass is 32.2. The molecule has 238 valence electrons. The largest absolute Gasteiger partial charge is 0.417 e. The molecule has 1 atom stereocenters. The van der Waals surface area contributed by atoms with Crippen LogP contribution in [0.1, 0.15) is 62.3 Å². The number of piperidine rings is 2. The highest BCUT2D eigenvalue weighted by Gasteiger charge is 2.35. The van der Waals surface area contributed by atoms with Gasteiger partial charge < -0.3 is 19.8 Å². The van der Waals surface area contributed by atoms with Crippen LogP contribution in [0.5, 0.6) is 0 Å². The fraction of sp³-hybridized carbons (Fsp3) is 0.677. The van der Waals surface area contributed by atoms with Gasteiger partial charge >= 0.3 is 6.18 Å². The molecular formula is C31H43F4N5O2S. The number of hydrogen-bond acceptors (Lipinski definition) is 6. The molecule has 5 rings (SSSR count). The third-order valence-corrected chi connectivity index (χ3v) is 9.87. The van der Waals surface area contributed by atoms with E-state index in [0.717, 1.165) is 55.0 Å². The lowest BCUT2D eigenvalue weighted by Gasteiger charge is -2.29. The average Bonchev–Trinajstić information content (AvgIpc) is 3.35. The second-order valence-corrected chi connectivity index (χ2v) is 13.1. The number of thioether (sulfide) groups is 1.